The summed E-state index contributed by atoms with van der Waals surface area (Å²) in [6.07, 6.45) is 7.00. The van der Waals surface area contributed by atoms with Gasteiger partial charge in [-0.25, -0.2) is 0 Å². The Morgan fingerprint density at radius 2 is 1.64 bits per heavy atom. The molecule has 0 atom stereocenters. The van der Waals surface area contributed by atoms with Gasteiger partial charge in [0.25, 0.3) is 0 Å². The van der Waals surface area contributed by atoms with Crippen molar-refractivity contribution in [2.45, 2.75) is 69.6 Å². The molecule has 0 unspecified atom stereocenters. The molecule has 2 heterocycles. The van der Waals surface area contributed by atoms with Crippen LogP contribution in [0.25, 0.3) is 42.3 Å². The molecule has 1 aliphatic rings. The Morgan fingerprint density at radius 3 is 2.39 bits per heavy atom. The molecule has 0 spiro atoms. The molecular weight excluding hydrogens is 517 g/mol. The van der Waals surface area contributed by atoms with E-state index in [0.717, 1.165) is 11.2 Å². The Kier molecular flexibility index (Phi) is 5.81. The van der Waals surface area contributed by atoms with Gasteiger partial charge < -0.3 is 0 Å². The van der Waals surface area contributed by atoms with Crippen LogP contribution >= 0.6 is 11.3 Å². The Balaban J connectivity index is 1.53. The molecule has 0 N–H and O–H groups in total. The minimum atomic E-state index is -2.10. The second-order valence-corrected chi connectivity index (χ2v) is 24.2. The maximum absolute atomic E-state index is 4.88. The summed E-state index contributed by atoms with van der Waals surface area (Å²) in [6, 6.07) is 18.4. The average Bonchev–Trinajstić information content (AvgIpc) is 3.23. The number of aryl methyl sites for hydroxylation is 1. The van der Waals surface area contributed by atoms with Gasteiger partial charge in [0, 0.05) is 0 Å². The molecule has 0 saturated heterocycles. The van der Waals surface area contributed by atoms with E-state index in [1.165, 1.54) is 62.4 Å². The number of nitrogens with zero attached hydrogens (tertiary/aromatic N) is 2. The van der Waals surface area contributed by atoms with Crippen molar-refractivity contribution >= 4 is 60.1 Å². The topological polar surface area (TPSA) is 25.8 Å². The molecule has 2 nitrogen and oxygen atoms in total. The van der Waals surface area contributed by atoms with E-state index in [2.05, 4.69) is 86.6 Å². The van der Waals surface area contributed by atoms with E-state index in [1.807, 2.05) is 11.3 Å². The van der Waals surface area contributed by atoms with Gasteiger partial charge >= 0.3 is 203 Å². The van der Waals surface area contributed by atoms with E-state index in [-0.39, 0.29) is 0 Å². The zero-order chi connectivity index (χ0) is 25.2. The Bertz CT molecular complexity index is 1610. The Hall–Kier alpha value is -2.24. The van der Waals surface area contributed by atoms with Crippen LogP contribution in [-0.4, -0.2) is 23.2 Å². The standard InChI is InChI=1S/C32H36GeN2S/c1-20-24(21-13-15-32(2,3)16-14-21)11-12-26-29-31(36-30(20)26)28(34-19-35-29)23-17-22-9-7-8-10-25(22)27(18-23)33(4,5)6/h7-12,17-19,21H,13-16H2,1-6H3. The second kappa shape index (κ2) is 8.66. The molecule has 36 heavy (non-hydrogen) atoms. The quantitative estimate of drug-likeness (QED) is 0.208. The van der Waals surface area contributed by atoms with Gasteiger partial charge in [-0.05, 0) is 5.41 Å². The fourth-order valence-electron chi connectivity index (χ4n) is 6.22. The van der Waals surface area contributed by atoms with Crippen LogP contribution in [0.3, 0.4) is 0 Å². The molecule has 0 radical (unpaired) electrons. The van der Waals surface area contributed by atoms with E-state index in [9.17, 15) is 0 Å². The van der Waals surface area contributed by atoms with Gasteiger partial charge in [0.15, 0.2) is 0 Å². The van der Waals surface area contributed by atoms with Crippen molar-refractivity contribution in [1.29, 1.82) is 0 Å². The normalized spacial score (nSPS) is 16.8. The van der Waals surface area contributed by atoms with Gasteiger partial charge in [-0.1, -0.05) is 13.8 Å². The summed E-state index contributed by atoms with van der Waals surface area (Å²) in [5, 5.41) is 4.01. The molecule has 1 fully saturated rings. The zero-order valence-corrected chi connectivity index (χ0v) is 25.3. The van der Waals surface area contributed by atoms with Crippen molar-refractivity contribution in [3.05, 3.63) is 66.0 Å². The number of fused-ring (bicyclic) bond motifs is 4. The molecule has 0 amide bonds. The summed E-state index contributed by atoms with van der Waals surface area (Å²) < 4.78 is 4.17. The number of thiophene rings is 1. The van der Waals surface area contributed by atoms with Crippen LogP contribution < -0.4 is 4.40 Å². The third-order valence-corrected chi connectivity index (χ3v) is 14.0. The molecule has 0 bridgehead atoms. The van der Waals surface area contributed by atoms with Crippen molar-refractivity contribution in [2.75, 3.05) is 0 Å². The van der Waals surface area contributed by atoms with Crippen molar-refractivity contribution in [1.82, 2.24) is 9.97 Å². The van der Waals surface area contributed by atoms with Gasteiger partial charge in [0.05, 0.1) is 0 Å². The monoisotopic (exact) mass is 554 g/mol. The molecule has 3 aromatic carbocycles. The second-order valence-electron chi connectivity index (χ2n) is 12.6. The number of aromatic nitrogens is 2. The summed E-state index contributed by atoms with van der Waals surface area (Å²) >= 11 is -0.207. The Morgan fingerprint density at radius 1 is 0.889 bits per heavy atom. The number of hydrogen-bond donors (Lipinski definition) is 0. The first-order valence-electron chi connectivity index (χ1n) is 13.3. The van der Waals surface area contributed by atoms with Crippen molar-refractivity contribution in [3.63, 3.8) is 0 Å². The maximum atomic E-state index is 4.88. The SMILES string of the molecule is Cc1c(C2CCC(C)(C)CC2)ccc2c1sc1c(-c3c[c]([Ge]([CH3])([CH3])[CH3])c4ccccc4c3)ncnc12. The van der Waals surface area contributed by atoms with Crippen LogP contribution in [0.15, 0.2) is 54.9 Å². The number of rotatable bonds is 3. The van der Waals surface area contributed by atoms with Crippen molar-refractivity contribution in [3.8, 4) is 11.3 Å². The van der Waals surface area contributed by atoms with Gasteiger partial charge in [0.1, 0.15) is 0 Å². The fraction of sp³-hybridized carbons (Fsp3) is 0.375. The van der Waals surface area contributed by atoms with Gasteiger partial charge in [-0.3, -0.25) is 0 Å². The Labute approximate surface area is 221 Å². The van der Waals surface area contributed by atoms with E-state index in [4.69, 9.17) is 9.97 Å². The molecule has 1 saturated carbocycles. The molecule has 2 aromatic heterocycles. The van der Waals surface area contributed by atoms with Gasteiger partial charge in [-0.15, -0.1) is 0 Å². The van der Waals surface area contributed by atoms with Gasteiger partial charge in [-0.2, -0.15) is 0 Å². The van der Waals surface area contributed by atoms with Crippen LogP contribution in [0, 0.1) is 12.3 Å². The van der Waals surface area contributed by atoms with Crippen LogP contribution in [-0.2, 0) is 0 Å². The van der Waals surface area contributed by atoms with Gasteiger partial charge in [0.2, 0.25) is 0 Å². The van der Waals surface area contributed by atoms with E-state index < -0.39 is 13.3 Å². The molecule has 1 aliphatic carbocycles. The van der Waals surface area contributed by atoms with E-state index >= 15 is 0 Å². The predicted octanol–water partition coefficient (Wildman–Crippen LogP) is 9.20. The van der Waals surface area contributed by atoms with E-state index in [0.29, 0.717) is 11.3 Å². The van der Waals surface area contributed by atoms with E-state index in [1.54, 1.807) is 16.3 Å². The van der Waals surface area contributed by atoms with Crippen LogP contribution in [0.5, 0.6) is 0 Å². The molecule has 184 valence electrons. The van der Waals surface area contributed by atoms with Crippen molar-refractivity contribution < 1.29 is 0 Å². The summed E-state index contributed by atoms with van der Waals surface area (Å²) in [5.74, 6) is 8.13. The molecule has 5 aromatic rings. The van der Waals surface area contributed by atoms with Crippen LogP contribution in [0.4, 0.5) is 0 Å². The van der Waals surface area contributed by atoms with Crippen LogP contribution in [0.2, 0.25) is 17.3 Å². The molecular formula is C32H36GeN2S. The average molecular weight is 553 g/mol. The molecule has 6 rings (SSSR count). The third-order valence-electron chi connectivity index (χ3n) is 8.43. The third kappa shape index (κ3) is 4.09. The summed E-state index contributed by atoms with van der Waals surface area (Å²) in [7, 11) is 0. The molecule has 0 aliphatic heterocycles. The van der Waals surface area contributed by atoms with Crippen molar-refractivity contribution in [2.24, 2.45) is 5.41 Å². The first kappa shape index (κ1) is 24.1. The van der Waals surface area contributed by atoms with Crippen LogP contribution in [0.1, 0.15) is 56.6 Å². The fourth-order valence-corrected chi connectivity index (χ4v) is 10.9. The summed E-state index contributed by atoms with van der Waals surface area (Å²) in [6.45, 7) is 7.18. The zero-order valence-electron chi connectivity index (χ0n) is 22.4. The summed E-state index contributed by atoms with van der Waals surface area (Å²) in [4.78, 5) is 9.68. The first-order valence-corrected chi connectivity index (χ1v) is 21.5. The minimum absolute atomic E-state index is 0.492. The number of hydrogen-bond acceptors (Lipinski definition) is 3. The summed E-state index contributed by atoms with van der Waals surface area (Å²) in [5.41, 5.74) is 6.91. The molecule has 4 heteroatoms. The first-order chi connectivity index (χ1) is 17.1. The predicted molar refractivity (Wildman–Crippen MR) is 161 cm³/mol. The number of benzene rings is 3.